The predicted octanol–water partition coefficient (Wildman–Crippen LogP) is 14.5. The van der Waals surface area contributed by atoms with Gasteiger partial charge in [0.2, 0.25) is 5.91 Å². The highest BCUT2D eigenvalue weighted by Crippen LogP contribution is 2.43. The molecule has 3 unspecified atom stereocenters. The summed E-state index contributed by atoms with van der Waals surface area (Å²) in [7, 11) is 1.49. The van der Waals surface area contributed by atoms with Gasteiger partial charge in [0.05, 0.1) is 39.9 Å². The van der Waals surface area contributed by atoms with Crippen molar-refractivity contribution in [1.82, 2.24) is 5.32 Å². The first kappa shape index (κ1) is 59.7. The lowest BCUT2D eigenvalue weighted by atomic mass is 10.0. The lowest BCUT2D eigenvalue weighted by molar-refractivity contribution is -0.870. The van der Waals surface area contributed by atoms with E-state index in [1.165, 1.54) is 116 Å². The average molecular weight is 888 g/mol. The first-order valence-electron chi connectivity index (χ1n) is 25.0. The van der Waals surface area contributed by atoms with Gasteiger partial charge in [0.15, 0.2) is 0 Å². The predicted molar refractivity (Wildman–Crippen MR) is 267 cm³/mol. The molecule has 1 amide bonds. The summed E-state index contributed by atoms with van der Waals surface area (Å²) in [5.41, 5.74) is 0. The van der Waals surface area contributed by atoms with Crippen molar-refractivity contribution in [2.45, 2.75) is 206 Å². The Kier molecular flexibility index (Phi) is 42.3. The van der Waals surface area contributed by atoms with Crippen molar-refractivity contribution >= 4 is 13.7 Å². The smallest absolute Gasteiger partial charge is 0.387 e. The number of nitrogens with one attached hydrogen (secondary N) is 1. The van der Waals surface area contributed by atoms with Gasteiger partial charge < -0.3 is 19.8 Å². The van der Waals surface area contributed by atoms with Crippen LogP contribution in [0.1, 0.15) is 194 Å². The maximum Gasteiger partial charge on any atom is 0.472 e. The van der Waals surface area contributed by atoms with E-state index < -0.39 is 20.0 Å². The highest BCUT2D eigenvalue weighted by atomic mass is 31.2. The van der Waals surface area contributed by atoms with Crippen LogP contribution in [0.4, 0.5) is 0 Å². The highest BCUT2D eigenvalue weighted by Gasteiger charge is 2.27. The molecule has 3 atom stereocenters. The van der Waals surface area contributed by atoms with E-state index in [1.54, 1.807) is 6.08 Å². The van der Waals surface area contributed by atoms with Gasteiger partial charge in [-0.2, -0.15) is 0 Å². The van der Waals surface area contributed by atoms with Crippen LogP contribution in [0.5, 0.6) is 0 Å². The number of phosphoric acid groups is 1. The third-order valence-corrected chi connectivity index (χ3v) is 11.6. The SMILES string of the molecule is CC/C=C\C/C=C\C/C=C\C/C=C\CCC(=O)NC(COP(=O)(O)OCC[N+](C)(C)C)C(O)/C=C/CC/C=C/CC/C=C/CCCCCCCCCCCCCCCCCCC. The molecular weight excluding hydrogens is 792 g/mol. The van der Waals surface area contributed by atoms with E-state index in [0.29, 0.717) is 17.4 Å². The maximum atomic E-state index is 12.8. The molecule has 0 saturated carbocycles. The van der Waals surface area contributed by atoms with Crippen LogP contribution in [0.25, 0.3) is 0 Å². The zero-order valence-corrected chi connectivity index (χ0v) is 41.5. The van der Waals surface area contributed by atoms with Crippen molar-refractivity contribution in [3.8, 4) is 0 Å². The van der Waals surface area contributed by atoms with E-state index in [-0.39, 0.29) is 25.5 Å². The van der Waals surface area contributed by atoms with Crippen LogP contribution in [-0.4, -0.2) is 73.4 Å². The first-order chi connectivity index (χ1) is 30.0. The standard InChI is InChI=1S/C53H95N2O6P/c1-6-8-10-12-14-16-18-20-21-22-23-24-25-26-27-28-29-30-31-32-33-35-36-38-40-42-44-46-52(56)51(50-61-62(58,59)60-49-48-55(3,4)5)54-53(57)47-45-43-41-39-37-34-19-17-15-13-11-9-7-2/h9,11,15,17,31-32,34,36-38,41,43-44,46,51-52,56H,6-8,10,12-14,16,18-30,33,35,39-40,42,45,47-50H2,1-5H3,(H-,54,57,58,59)/p+1/b11-9-,17-15-,32-31+,37-34-,38-36+,43-41-,46-44+. The monoisotopic (exact) mass is 888 g/mol. The van der Waals surface area contributed by atoms with Gasteiger partial charge in [0, 0.05) is 6.42 Å². The fourth-order valence-corrected chi connectivity index (χ4v) is 7.41. The molecule has 0 aliphatic heterocycles. The van der Waals surface area contributed by atoms with Crippen LogP contribution in [0, 0.1) is 0 Å². The summed E-state index contributed by atoms with van der Waals surface area (Å²) in [6, 6.07) is -0.912. The fraction of sp³-hybridized carbons (Fsp3) is 0.717. The fourth-order valence-electron chi connectivity index (χ4n) is 6.67. The molecule has 0 fully saturated rings. The number of allylic oxidation sites excluding steroid dienone is 13. The van der Waals surface area contributed by atoms with E-state index in [2.05, 4.69) is 79.9 Å². The Labute approximate surface area is 382 Å². The largest absolute Gasteiger partial charge is 0.472 e. The normalized spacial score (nSPS) is 14.9. The van der Waals surface area contributed by atoms with E-state index in [4.69, 9.17) is 9.05 Å². The summed E-state index contributed by atoms with van der Waals surface area (Å²) < 4.78 is 23.5. The second-order valence-corrected chi connectivity index (χ2v) is 19.2. The zero-order valence-electron chi connectivity index (χ0n) is 40.6. The van der Waals surface area contributed by atoms with Crippen molar-refractivity contribution in [1.29, 1.82) is 0 Å². The summed E-state index contributed by atoms with van der Waals surface area (Å²) in [5, 5.41) is 13.8. The number of aliphatic hydroxyl groups is 1. The Morgan fingerprint density at radius 2 is 0.984 bits per heavy atom. The summed E-state index contributed by atoms with van der Waals surface area (Å²) in [6.45, 7) is 4.60. The lowest BCUT2D eigenvalue weighted by Gasteiger charge is -2.25. The third-order valence-electron chi connectivity index (χ3n) is 10.6. The second kappa shape index (κ2) is 43.9. The minimum Gasteiger partial charge on any atom is -0.387 e. The summed E-state index contributed by atoms with van der Waals surface area (Å²) in [6.07, 6.45) is 61.4. The van der Waals surface area contributed by atoms with E-state index in [1.807, 2.05) is 39.4 Å². The van der Waals surface area contributed by atoms with Crippen molar-refractivity contribution < 1.29 is 32.9 Å². The molecule has 0 radical (unpaired) electrons. The number of hydrogen-bond acceptors (Lipinski definition) is 5. The number of phosphoric ester groups is 1. The summed E-state index contributed by atoms with van der Waals surface area (Å²) in [4.78, 5) is 23.1. The van der Waals surface area contributed by atoms with Crippen LogP contribution < -0.4 is 5.32 Å². The number of quaternary nitrogens is 1. The van der Waals surface area contributed by atoms with Gasteiger partial charge in [-0.1, -0.05) is 202 Å². The molecule has 0 aromatic carbocycles. The Bertz CT molecular complexity index is 1280. The molecule has 0 saturated heterocycles. The molecule has 0 rings (SSSR count). The quantitative estimate of drug-likeness (QED) is 0.0244. The number of rotatable bonds is 44. The number of amides is 1. The van der Waals surface area contributed by atoms with Gasteiger partial charge >= 0.3 is 7.82 Å². The topological polar surface area (TPSA) is 105 Å². The van der Waals surface area contributed by atoms with E-state index in [9.17, 15) is 19.4 Å². The number of likely N-dealkylation sites (N-methyl/N-ethyl adjacent to an activating group) is 1. The Morgan fingerprint density at radius 3 is 1.47 bits per heavy atom. The molecule has 0 aliphatic rings. The maximum absolute atomic E-state index is 12.8. The number of aliphatic hydroxyl groups excluding tert-OH is 1. The number of carbonyl (C=O) groups is 1. The molecule has 0 spiro atoms. The minimum atomic E-state index is -4.37. The van der Waals surface area contributed by atoms with Crippen molar-refractivity contribution in [3.05, 3.63) is 85.1 Å². The van der Waals surface area contributed by atoms with Gasteiger partial charge in [-0.15, -0.1) is 0 Å². The Morgan fingerprint density at radius 1 is 0.565 bits per heavy atom. The number of unbranched alkanes of at least 4 members (excludes halogenated alkanes) is 19. The van der Waals surface area contributed by atoms with Crippen molar-refractivity contribution in [3.63, 3.8) is 0 Å². The zero-order chi connectivity index (χ0) is 45.7. The molecule has 8 nitrogen and oxygen atoms in total. The molecule has 358 valence electrons. The van der Waals surface area contributed by atoms with Gasteiger partial charge in [0.1, 0.15) is 13.2 Å². The number of nitrogens with zero attached hydrogens (tertiary/aromatic N) is 1. The Balaban J connectivity index is 4.38. The molecule has 0 aromatic rings. The lowest BCUT2D eigenvalue weighted by Crippen LogP contribution is -2.45. The second-order valence-electron chi connectivity index (χ2n) is 17.8. The summed E-state index contributed by atoms with van der Waals surface area (Å²) >= 11 is 0. The molecular formula is C53H96N2O6P+. The van der Waals surface area contributed by atoms with Crippen molar-refractivity contribution in [2.24, 2.45) is 0 Å². The van der Waals surface area contributed by atoms with Gasteiger partial charge in [0.25, 0.3) is 0 Å². The molecule has 9 heteroatoms. The molecule has 0 heterocycles. The molecule has 62 heavy (non-hydrogen) atoms. The van der Waals surface area contributed by atoms with Crippen LogP contribution in [0.15, 0.2) is 85.1 Å². The van der Waals surface area contributed by atoms with Crippen LogP contribution >= 0.6 is 7.82 Å². The van der Waals surface area contributed by atoms with Gasteiger partial charge in [-0.25, -0.2) is 4.57 Å². The van der Waals surface area contributed by atoms with Crippen molar-refractivity contribution in [2.75, 3.05) is 40.9 Å². The van der Waals surface area contributed by atoms with Crippen LogP contribution in [0.2, 0.25) is 0 Å². The first-order valence-corrected chi connectivity index (χ1v) is 26.5. The molecule has 3 N–H and O–H groups in total. The van der Waals surface area contributed by atoms with E-state index >= 15 is 0 Å². The van der Waals surface area contributed by atoms with Gasteiger partial charge in [-0.3, -0.25) is 13.8 Å². The Hall–Kier alpha value is -2.32. The van der Waals surface area contributed by atoms with E-state index in [0.717, 1.165) is 51.4 Å². The highest BCUT2D eigenvalue weighted by molar-refractivity contribution is 7.47. The van der Waals surface area contributed by atoms with Crippen LogP contribution in [-0.2, 0) is 18.4 Å². The molecule has 0 aromatic heterocycles. The summed E-state index contributed by atoms with van der Waals surface area (Å²) in [5.74, 6) is -0.274. The number of hydrogen-bond donors (Lipinski definition) is 3. The minimum absolute atomic E-state index is 0.0368. The van der Waals surface area contributed by atoms with Gasteiger partial charge in [-0.05, 0) is 70.6 Å². The van der Waals surface area contributed by atoms with Crippen LogP contribution in [0.3, 0.4) is 0 Å². The third kappa shape index (κ3) is 45.7. The molecule has 0 bridgehead atoms. The average Bonchev–Trinajstić information content (AvgIpc) is 3.23. The molecule has 0 aliphatic carbocycles. The number of carbonyl (C=O) groups excluding carboxylic acids is 1.